The number of carboxylic acids is 1. The normalized spacial score (nSPS) is 15.1. The summed E-state index contributed by atoms with van der Waals surface area (Å²) in [6.45, 7) is 1.32. The van der Waals surface area contributed by atoms with Crippen molar-refractivity contribution in [2.45, 2.75) is 24.9 Å². The van der Waals surface area contributed by atoms with Gasteiger partial charge in [-0.3, -0.25) is 4.79 Å². The molecule has 0 bridgehead atoms. The van der Waals surface area contributed by atoms with Gasteiger partial charge >= 0.3 is 12.1 Å². The molecule has 0 aromatic heterocycles. The van der Waals surface area contributed by atoms with Gasteiger partial charge in [-0.2, -0.15) is 13.2 Å². The fourth-order valence-corrected chi connectivity index (χ4v) is 2.02. The minimum atomic E-state index is -4.24. The molecule has 1 aromatic rings. The fourth-order valence-electron chi connectivity index (χ4n) is 2.02. The molecule has 3 nitrogen and oxygen atoms in total. The maximum absolute atomic E-state index is 12.2. The van der Waals surface area contributed by atoms with Crippen LogP contribution in [-0.4, -0.2) is 42.3 Å². The molecule has 1 unspecified atom stereocenters. The van der Waals surface area contributed by atoms with Crippen LogP contribution in [0.2, 0.25) is 0 Å². The van der Waals surface area contributed by atoms with E-state index in [-0.39, 0.29) is 13.1 Å². The van der Waals surface area contributed by atoms with E-state index in [1.807, 2.05) is 0 Å². The smallest absolute Gasteiger partial charge is 0.390 e. The molecule has 0 radical (unpaired) electrons. The Labute approximate surface area is 116 Å². The van der Waals surface area contributed by atoms with Crippen molar-refractivity contribution in [3.63, 3.8) is 0 Å². The molecule has 1 aromatic carbocycles. The van der Waals surface area contributed by atoms with E-state index in [9.17, 15) is 23.1 Å². The predicted octanol–water partition coefficient (Wildman–Crippen LogP) is 2.91. The van der Waals surface area contributed by atoms with Gasteiger partial charge in [0.25, 0.3) is 0 Å². The lowest BCUT2D eigenvalue weighted by Crippen LogP contribution is -2.44. The van der Waals surface area contributed by atoms with Gasteiger partial charge in [-0.05, 0) is 19.5 Å². The fraction of sp³-hybridized carbons (Fsp3) is 0.500. The van der Waals surface area contributed by atoms with Crippen LogP contribution in [0.5, 0.6) is 0 Å². The van der Waals surface area contributed by atoms with Crippen LogP contribution < -0.4 is 0 Å². The Hall–Kier alpha value is -1.56. The Bertz CT molecular complexity index is 447. The first kappa shape index (κ1) is 16.5. The van der Waals surface area contributed by atoms with E-state index in [0.29, 0.717) is 5.56 Å². The zero-order chi connectivity index (χ0) is 15.4. The molecule has 0 saturated carbocycles. The van der Waals surface area contributed by atoms with Gasteiger partial charge in [-0.15, -0.1) is 0 Å². The number of hydrogen-bond acceptors (Lipinski definition) is 2. The van der Waals surface area contributed by atoms with Crippen LogP contribution in [0.3, 0.4) is 0 Å². The molecule has 0 saturated heterocycles. The number of hydrogen-bond donors (Lipinski definition) is 1. The molecule has 0 heterocycles. The van der Waals surface area contributed by atoms with Gasteiger partial charge in [0.05, 0.1) is 6.42 Å². The average molecular weight is 289 g/mol. The number of likely N-dealkylation sites (N-methyl/N-ethyl adjacent to an activating group) is 1. The van der Waals surface area contributed by atoms with Crippen LogP contribution in [0.15, 0.2) is 30.3 Å². The Morgan fingerprint density at radius 3 is 2.25 bits per heavy atom. The van der Waals surface area contributed by atoms with Gasteiger partial charge in [-0.25, -0.2) is 0 Å². The van der Waals surface area contributed by atoms with E-state index < -0.39 is 24.0 Å². The minimum Gasteiger partial charge on any atom is -0.481 e. The first-order chi connectivity index (χ1) is 9.15. The number of carboxylic acid groups (broad SMARTS) is 1. The van der Waals surface area contributed by atoms with Gasteiger partial charge in [-0.1, -0.05) is 30.3 Å². The number of rotatable bonds is 6. The van der Waals surface area contributed by atoms with E-state index in [2.05, 4.69) is 0 Å². The first-order valence-electron chi connectivity index (χ1n) is 6.19. The second-order valence-corrected chi connectivity index (χ2v) is 5.11. The van der Waals surface area contributed by atoms with Gasteiger partial charge in [0.15, 0.2) is 0 Å². The van der Waals surface area contributed by atoms with E-state index in [0.717, 1.165) is 0 Å². The highest BCUT2D eigenvalue weighted by Crippen LogP contribution is 2.26. The number of nitrogens with zero attached hydrogens (tertiary/aromatic N) is 1. The molecular formula is C14H18F3NO2. The maximum Gasteiger partial charge on any atom is 0.390 e. The summed E-state index contributed by atoms with van der Waals surface area (Å²) in [4.78, 5) is 12.9. The molecule has 0 aliphatic heterocycles. The lowest BCUT2D eigenvalue weighted by Gasteiger charge is -2.30. The van der Waals surface area contributed by atoms with Crippen molar-refractivity contribution in [1.82, 2.24) is 4.90 Å². The molecule has 1 N–H and O–H groups in total. The predicted molar refractivity (Wildman–Crippen MR) is 69.6 cm³/mol. The van der Waals surface area contributed by atoms with Crippen LogP contribution in [0.1, 0.15) is 18.9 Å². The van der Waals surface area contributed by atoms with Crippen molar-refractivity contribution < 1.29 is 23.1 Å². The summed E-state index contributed by atoms with van der Waals surface area (Å²) in [7, 11) is 1.50. The molecule has 1 atom stereocenters. The summed E-state index contributed by atoms with van der Waals surface area (Å²) >= 11 is 0. The van der Waals surface area contributed by atoms with Crippen molar-refractivity contribution in [2.24, 2.45) is 0 Å². The molecule has 0 spiro atoms. The summed E-state index contributed by atoms with van der Waals surface area (Å²) in [6, 6.07) is 8.54. The standard InChI is InChI=1S/C14H18F3NO2/c1-13(12(19)20,11-6-4-3-5-7-11)10-18(2)9-8-14(15,16)17/h3-7H,8-10H2,1-2H3,(H,19,20). The summed E-state index contributed by atoms with van der Waals surface area (Å²) in [5.41, 5.74) is -0.659. The van der Waals surface area contributed by atoms with Gasteiger partial charge in [0, 0.05) is 13.1 Å². The van der Waals surface area contributed by atoms with E-state index >= 15 is 0 Å². The van der Waals surface area contributed by atoms with E-state index in [1.54, 1.807) is 30.3 Å². The molecule has 0 aliphatic carbocycles. The van der Waals surface area contributed by atoms with Crippen LogP contribution in [0, 0.1) is 0 Å². The SMILES string of the molecule is CN(CCC(F)(F)F)CC(C)(C(=O)O)c1ccccc1. The molecular weight excluding hydrogens is 271 g/mol. The zero-order valence-electron chi connectivity index (χ0n) is 11.4. The number of carbonyl (C=O) groups is 1. The molecule has 0 aliphatic rings. The molecule has 0 fully saturated rings. The Balaban J connectivity index is 2.80. The number of alkyl halides is 3. The Kier molecular flexibility index (Phi) is 5.16. The van der Waals surface area contributed by atoms with E-state index in [1.165, 1.54) is 18.9 Å². The summed E-state index contributed by atoms with van der Waals surface area (Å²) in [6.07, 6.45) is -5.19. The van der Waals surface area contributed by atoms with Crippen molar-refractivity contribution in [2.75, 3.05) is 20.1 Å². The summed E-state index contributed by atoms with van der Waals surface area (Å²) in [5.74, 6) is -1.05. The van der Waals surface area contributed by atoms with Crippen molar-refractivity contribution in [3.8, 4) is 0 Å². The first-order valence-corrected chi connectivity index (χ1v) is 6.19. The summed E-state index contributed by atoms with van der Waals surface area (Å²) < 4.78 is 36.6. The third-order valence-corrected chi connectivity index (χ3v) is 3.25. The monoisotopic (exact) mass is 289 g/mol. The van der Waals surface area contributed by atoms with Gasteiger partial charge < -0.3 is 10.0 Å². The third-order valence-electron chi connectivity index (χ3n) is 3.25. The number of aliphatic carboxylic acids is 1. The van der Waals surface area contributed by atoms with Crippen molar-refractivity contribution in [3.05, 3.63) is 35.9 Å². The molecule has 0 amide bonds. The Morgan fingerprint density at radius 1 is 1.25 bits per heavy atom. The maximum atomic E-state index is 12.2. The second-order valence-electron chi connectivity index (χ2n) is 5.11. The highest BCUT2D eigenvalue weighted by molar-refractivity contribution is 5.81. The molecule has 6 heteroatoms. The zero-order valence-corrected chi connectivity index (χ0v) is 11.4. The molecule has 112 valence electrons. The molecule has 20 heavy (non-hydrogen) atoms. The quantitative estimate of drug-likeness (QED) is 0.875. The largest absolute Gasteiger partial charge is 0.481 e. The van der Waals surface area contributed by atoms with Crippen molar-refractivity contribution >= 4 is 5.97 Å². The minimum absolute atomic E-state index is 0.0163. The van der Waals surface area contributed by atoms with Crippen LogP contribution in [0.25, 0.3) is 0 Å². The average Bonchev–Trinajstić information content (AvgIpc) is 2.36. The highest BCUT2D eigenvalue weighted by Gasteiger charge is 2.37. The third kappa shape index (κ3) is 4.52. The van der Waals surface area contributed by atoms with Crippen LogP contribution >= 0.6 is 0 Å². The van der Waals surface area contributed by atoms with Crippen LogP contribution in [-0.2, 0) is 10.2 Å². The number of benzene rings is 1. The van der Waals surface area contributed by atoms with Crippen LogP contribution in [0.4, 0.5) is 13.2 Å². The van der Waals surface area contributed by atoms with Gasteiger partial charge in [0.2, 0.25) is 0 Å². The second kappa shape index (κ2) is 6.26. The van der Waals surface area contributed by atoms with Crippen molar-refractivity contribution in [1.29, 1.82) is 0 Å². The molecule has 1 rings (SSSR count). The highest BCUT2D eigenvalue weighted by atomic mass is 19.4. The number of halogens is 3. The topological polar surface area (TPSA) is 40.5 Å². The Morgan fingerprint density at radius 2 is 1.80 bits per heavy atom. The summed E-state index contributed by atoms with van der Waals surface area (Å²) in [5, 5.41) is 9.41. The van der Waals surface area contributed by atoms with Gasteiger partial charge in [0.1, 0.15) is 5.41 Å². The van der Waals surface area contributed by atoms with E-state index in [4.69, 9.17) is 0 Å². The lowest BCUT2D eigenvalue weighted by molar-refractivity contribution is -0.145. The lowest BCUT2D eigenvalue weighted by atomic mass is 9.82.